The smallest absolute Gasteiger partial charge is 0.233 e. The Hall–Kier alpha value is -2.25. The largest absolute Gasteiger partial charge is 0.368 e. The Balaban J connectivity index is 1.73. The maximum atomic E-state index is 12.3. The Morgan fingerprint density at radius 3 is 3.09 bits per heavy atom. The lowest BCUT2D eigenvalue weighted by Gasteiger charge is -2.16. The van der Waals surface area contributed by atoms with Crippen molar-refractivity contribution >= 4 is 50.8 Å². The van der Waals surface area contributed by atoms with E-state index in [4.69, 9.17) is 17.3 Å². The summed E-state index contributed by atoms with van der Waals surface area (Å²) in [4.78, 5) is 26.2. The number of halogens is 1. The number of fused-ring (bicyclic) bond motifs is 2. The molecule has 0 spiro atoms. The van der Waals surface area contributed by atoms with Gasteiger partial charge in [-0.3, -0.25) is 9.69 Å². The number of anilines is 2. The molecule has 0 radical (unpaired) electrons. The number of rotatable bonds is 2. The van der Waals surface area contributed by atoms with Crippen LogP contribution in [0.2, 0.25) is 5.15 Å². The zero-order chi connectivity index (χ0) is 15.3. The fourth-order valence-electron chi connectivity index (χ4n) is 2.55. The molecule has 1 aromatic carbocycles. The van der Waals surface area contributed by atoms with Gasteiger partial charge in [-0.15, -0.1) is 11.3 Å². The van der Waals surface area contributed by atoms with Crippen LogP contribution in [0.25, 0.3) is 10.2 Å². The third-order valence-electron chi connectivity index (χ3n) is 3.57. The van der Waals surface area contributed by atoms with E-state index in [9.17, 15) is 4.79 Å². The molecule has 0 fully saturated rings. The van der Waals surface area contributed by atoms with Crippen molar-refractivity contribution in [3.8, 4) is 0 Å². The number of amides is 1. The minimum absolute atomic E-state index is 0.0600. The summed E-state index contributed by atoms with van der Waals surface area (Å²) in [6, 6.07) is 5.96. The van der Waals surface area contributed by atoms with Crippen LogP contribution in [0.15, 0.2) is 23.7 Å². The van der Waals surface area contributed by atoms with Gasteiger partial charge in [0.1, 0.15) is 11.0 Å². The third kappa shape index (κ3) is 2.10. The Labute approximate surface area is 134 Å². The standard InChI is InChI=1S/C14H10ClN5OS/c15-12-8-4-11(21)20(13(8)19-14(16)18-12)5-7-1-2-10-9(3-7)17-6-22-10/h1-3,6H,4-5H2,(H2,16,18,19). The Morgan fingerprint density at radius 2 is 2.23 bits per heavy atom. The molecule has 0 saturated carbocycles. The van der Waals surface area contributed by atoms with E-state index < -0.39 is 0 Å². The lowest BCUT2D eigenvalue weighted by atomic mass is 10.2. The number of hydrogen-bond acceptors (Lipinski definition) is 6. The van der Waals surface area contributed by atoms with Gasteiger partial charge in [-0.2, -0.15) is 4.98 Å². The predicted octanol–water partition coefficient (Wildman–Crippen LogP) is 2.41. The van der Waals surface area contributed by atoms with Crippen LogP contribution >= 0.6 is 22.9 Å². The molecule has 22 heavy (non-hydrogen) atoms. The molecule has 0 saturated heterocycles. The molecule has 1 aliphatic rings. The van der Waals surface area contributed by atoms with Crippen LogP contribution < -0.4 is 10.6 Å². The van der Waals surface area contributed by atoms with Gasteiger partial charge >= 0.3 is 0 Å². The van der Waals surface area contributed by atoms with E-state index in [2.05, 4.69) is 15.0 Å². The average Bonchev–Trinajstić information content (AvgIpc) is 3.05. The van der Waals surface area contributed by atoms with Crippen LogP contribution in [0.4, 0.5) is 11.8 Å². The van der Waals surface area contributed by atoms with Crippen LogP contribution in [0.1, 0.15) is 11.1 Å². The van der Waals surface area contributed by atoms with Crippen molar-refractivity contribution < 1.29 is 4.79 Å². The molecule has 0 unspecified atom stereocenters. The zero-order valence-electron chi connectivity index (χ0n) is 11.3. The van der Waals surface area contributed by atoms with Gasteiger partial charge in [0.05, 0.1) is 28.7 Å². The topological polar surface area (TPSA) is 85.0 Å². The maximum Gasteiger partial charge on any atom is 0.233 e. The number of nitrogens with two attached hydrogens (primary N) is 1. The summed E-state index contributed by atoms with van der Waals surface area (Å²) in [7, 11) is 0. The lowest BCUT2D eigenvalue weighted by Crippen LogP contribution is -2.26. The molecule has 6 nitrogen and oxygen atoms in total. The molecular weight excluding hydrogens is 322 g/mol. The van der Waals surface area contributed by atoms with Crippen LogP contribution in [0, 0.1) is 0 Å². The molecule has 4 rings (SSSR count). The first kappa shape index (κ1) is 13.4. The van der Waals surface area contributed by atoms with Crippen LogP contribution in [0.3, 0.4) is 0 Å². The first-order chi connectivity index (χ1) is 10.6. The highest BCUT2D eigenvalue weighted by Crippen LogP contribution is 2.33. The van der Waals surface area contributed by atoms with Crippen molar-refractivity contribution in [2.45, 2.75) is 13.0 Å². The minimum atomic E-state index is -0.0600. The number of benzene rings is 1. The van der Waals surface area contributed by atoms with Crippen LogP contribution in [0.5, 0.6) is 0 Å². The number of hydrogen-bond donors (Lipinski definition) is 1. The highest BCUT2D eigenvalue weighted by molar-refractivity contribution is 7.16. The van der Waals surface area contributed by atoms with Crippen molar-refractivity contribution in [1.82, 2.24) is 15.0 Å². The van der Waals surface area contributed by atoms with Crippen molar-refractivity contribution in [1.29, 1.82) is 0 Å². The van der Waals surface area contributed by atoms with E-state index in [1.54, 1.807) is 21.7 Å². The number of carbonyl (C=O) groups excluding carboxylic acids is 1. The van der Waals surface area contributed by atoms with E-state index in [0.717, 1.165) is 15.8 Å². The molecular formula is C14H10ClN5OS. The number of thiazole rings is 1. The number of aromatic nitrogens is 3. The fourth-order valence-corrected chi connectivity index (χ4v) is 3.45. The molecule has 3 aromatic rings. The van der Waals surface area contributed by atoms with E-state index in [1.165, 1.54) is 0 Å². The monoisotopic (exact) mass is 331 g/mol. The van der Waals surface area contributed by atoms with Gasteiger partial charge in [-0.05, 0) is 17.7 Å². The normalized spacial score (nSPS) is 13.9. The Bertz CT molecular complexity index is 909. The SMILES string of the molecule is Nc1nc(Cl)c2c(n1)N(Cc1ccc3scnc3c1)C(=O)C2. The third-order valence-corrected chi connectivity index (χ3v) is 4.69. The van der Waals surface area contributed by atoms with E-state index >= 15 is 0 Å². The summed E-state index contributed by atoms with van der Waals surface area (Å²) >= 11 is 7.64. The number of nitrogen functional groups attached to an aromatic ring is 1. The fraction of sp³-hybridized carbons (Fsp3) is 0.143. The summed E-state index contributed by atoms with van der Waals surface area (Å²) < 4.78 is 1.12. The second-order valence-corrected chi connectivity index (χ2v) is 6.23. The summed E-state index contributed by atoms with van der Waals surface area (Å²) in [5, 5.41) is 0.244. The van der Waals surface area contributed by atoms with Crippen LogP contribution in [-0.2, 0) is 17.8 Å². The maximum absolute atomic E-state index is 12.3. The highest BCUT2D eigenvalue weighted by Gasteiger charge is 2.31. The Kier molecular flexibility index (Phi) is 2.98. The van der Waals surface area contributed by atoms with Gasteiger partial charge in [0, 0.05) is 5.56 Å². The lowest BCUT2D eigenvalue weighted by molar-refractivity contribution is -0.117. The minimum Gasteiger partial charge on any atom is -0.368 e. The quantitative estimate of drug-likeness (QED) is 0.729. The first-order valence-corrected chi connectivity index (χ1v) is 7.82. The first-order valence-electron chi connectivity index (χ1n) is 6.56. The van der Waals surface area contributed by atoms with Gasteiger partial charge in [0.15, 0.2) is 0 Å². The zero-order valence-corrected chi connectivity index (χ0v) is 12.9. The second kappa shape index (κ2) is 4.89. The second-order valence-electron chi connectivity index (χ2n) is 4.99. The molecule has 2 N–H and O–H groups in total. The molecule has 8 heteroatoms. The van der Waals surface area contributed by atoms with Crippen molar-refractivity contribution in [2.24, 2.45) is 0 Å². The van der Waals surface area contributed by atoms with Crippen molar-refractivity contribution in [3.05, 3.63) is 40.0 Å². The van der Waals surface area contributed by atoms with E-state index in [-0.39, 0.29) is 23.4 Å². The van der Waals surface area contributed by atoms with Gasteiger partial charge in [0.2, 0.25) is 11.9 Å². The van der Waals surface area contributed by atoms with Gasteiger partial charge in [-0.1, -0.05) is 17.7 Å². The molecule has 0 aliphatic carbocycles. The van der Waals surface area contributed by atoms with Crippen LogP contribution in [-0.4, -0.2) is 20.9 Å². The summed E-state index contributed by atoms with van der Waals surface area (Å²) in [5.74, 6) is 0.509. The summed E-state index contributed by atoms with van der Waals surface area (Å²) in [5.41, 5.74) is 9.98. The number of carbonyl (C=O) groups is 1. The molecule has 110 valence electrons. The predicted molar refractivity (Wildman–Crippen MR) is 86.0 cm³/mol. The summed E-state index contributed by atoms with van der Waals surface area (Å²) in [6.45, 7) is 0.409. The van der Waals surface area contributed by atoms with E-state index in [0.29, 0.717) is 17.9 Å². The van der Waals surface area contributed by atoms with Crippen molar-refractivity contribution in [2.75, 3.05) is 10.6 Å². The van der Waals surface area contributed by atoms with Gasteiger partial charge < -0.3 is 5.73 Å². The molecule has 1 aliphatic heterocycles. The molecule has 0 bridgehead atoms. The molecule has 1 amide bonds. The molecule has 3 heterocycles. The van der Waals surface area contributed by atoms with Gasteiger partial charge in [0.25, 0.3) is 0 Å². The number of nitrogens with zero attached hydrogens (tertiary/aromatic N) is 4. The summed E-state index contributed by atoms with van der Waals surface area (Å²) in [6.07, 6.45) is 0.202. The highest BCUT2D eigenvalue weighted by atomic mass is 35.5. The average molecular weight is 332 g/mol. The Morgan fingerprint density at radius 1 is 1.36 bits per heavy atom. The van der Waals surface area contributed by atoms with Crippen molar-refractivity contribution in [3.63, 3.8) is 0 Å². The van der Waals surface area contributed by atoms with E-state index in [1.807, 2.05) is 18.2 Å². The molecule has 0 atom stereocenters. The van der Waals surface area contributed by atoms with Gasteiger partial charge in [-0.25, -0.2) is 9.97 Å². The molecule has 2 aromatic heterocycles.